The molecule has 0 radical (unpaired) electrons. The molecule has 0 unspecified atom stereocenters. The molecule has 1 amide bonds. The Morgan fingerprint density at radius 3 is 2.42 bits per heavy atom. The Bertz CT molecular complexity index is 459. The van der Waals surface area contributed by atoms with Crippen LogP contribution in [0.1, 0.15) is 31.1 Å². The fraction of sp³-hybridized carbons (Fsp3) is 0.571. The summed E-state index contributed by atoms with van der Waals surface area (Å²) in [5.74, 6) is 0.00783. The van der Waals surface area contributed by atoms with Crippen LogP contribution in [0.15, 0.2) is 18.5 Å². The number of nitrogen functional groups attached to an aromatic ring is 1. The molecule has 1 aromatic heterocycles. The lowest BCUT2D eigenvalue weighted by Crippen LogP contribution is -2.54. The summed E-state index contributed by atoms with van der Waals surface area (Å²) >= 11 is 0. The van der Waals surface area contributed by atoms with Crippen LogP contribution in [-0.4, -0.2) is 52.4 Å². The molecule has 5 nitrogen and oxygen atoms in total. The molecule has 2 rings (SSSR count). The highest BCUT2D eigenvalue weighted by Gasteiger charge is 2.28. The van der Waals surface area contributed by atoms with Crippen molar-refractivity contribution in [2.45, 2.75) is 26.3 Å². The second-order valence-corrected chi connectivity index (χ2v) is 5.91. The van der Waals surface area contributed by atoms with Gasteiger partial charge >= 0.3 is 0 Å². The number of hydrogen-bond acceptors (Lipinski definition) is 4. The maximum Gasteiger partial charge on any atom is 0.256 e. The van der Waals surface area contributed by atoms with E-state index in [0.717, 1.165) is 26.2 Å². The molecule has 104 valence electrons. The van der Waals surface area contributed by atoms with Crippen molar-refractivity contribution in [1.29, 1.82) is 0 Å². The van der Waals surface area contributed by atoms with Crippen molar-refractivity contribution in [1.82, 2.24) is 14.8 Å². The quantitative estimate of drug-likeness (QED) is 0.826. The second kappa shape index (κ2) is 5.17. The Labute approximate surface area is 114 Å². The van der Waals surface area contributed by atoms with Gasteiger partial charge in [0.2, 0.25) is 0 Å². The van der Waals surface area contributed by atoms with E-state index in [-0.39, 0.29) is 11.4 Å². The van der Waals surface area contributed by atoms with Crippen molar-refractivity contribution in [3.8, 4) is 0 Å². The third-order valence-electron chi connectivity index (χ3n) is 3.60. The lowest BCUT2D eigenvalue weighted by Gasteiger charge is -2.42. The van der Waals surface area contributed by atoms with Crippen molar-refractivity contribution < 1.29 is 4.79 Å². The largest absolute Gasteiger partial charge is 0.397 e. The molecular formula is C14H22N4O. The van der Waals surface area contributed by atoms with E-state index in [1.807, 2.05) is 4.90 Å². The monoisotopic (exact) mass is 262 g/mol. The average molecular weight is 262 g/mol. The van der Waals surface area contributed by atoms with E-state index < -0.39 is 0 Å². The summed E-state index contributed by atoms with van der Waals surface area (Å²) in [5, 5.41) is 0. The third-order valence-corrected chi connectivity index (χ3v) is 3.60. The van der Waals surface area contributed by atoms with Crippen LogP contribution in [0.4, 0.5) is 5.69 Å². The Hall–Kier alpha value is -1.62. The summed E-state index contributed by atoms with van der Waals surface area (Å²) in [6, 6.07) is 1.69. The number of carbonyl (C=O) groups is 1. The van der Waals surface area contributed by atoms with Gasteiger partial charge in [-0.25, -0.2) is 0 Å². The van der Waals surface area contributed by atoms with Gasteiger partial charge in [-0.3, -0.25) is 14.7 Å². The zero-order chi connectivity index (χ0) is 14.0. The van der Waals surface area contributed by atoms with Gasteiger partial charge in [-0.2, -0.15) is 0 Å². The standard InChI is InChI=1S/C14H22N4O/c1-14(2,3)18-8-6-17(7-9-18)13(19)11-4-5-16-10-12(11)15/h4-5,10H,6-9,15H2,1-3H3. The number of nitrogens with two attached hydrogens (primary N) is 1. The molecule has 0 saturated carbocycles. The summed E-state index contributed by atoms with van der Waals surface area (Å²) in [6.07, 6.45) is 3.13. The van der Waals surface area contributed by atoms with Gasteiger partial charge in [0, 0.05) is 37.9 Å². The van der Waals surface area contributed by atoms with E-state index in [9.17, 15) is 4.79 Å². The minimum Gasteiger partial charge on any atom is -0.397 e. The van der Waals surface area contributed by atoms with Gasteiger partial charge in [-0.05, 0) is 26.8 Å². The van der Waals surface area contributed by atoms with Crippen LogP contribution in [0.25, 0.3) is 0 Å². The predicted octanol–water partition coefficient (Wildman–Crippen LogP) is 1.22. The second-order valence-electron chi connectivity index (χ2n) is 5.91. The lowest BCUT2D eigenvalue weighted by atomic mass is 10.0. The number of piperazine rings is 1. The summed E-state index contributed by atoms with van der Waals surface area (Å²) in [5.41, 5.74) is 6.97. The molecule has 0 aromatic carbocycles. The maximum absolute atomic E-state index is 12.4. The number of carbonyl (C=O) groups excluding carboxylic acids is 1. The van der Waals surface area contributed by atoms with Crippen molar-refractivity contribution in [3.05, 3.63) is 24.0 Å². The molecule has 2 N–H and O–H groups in total. The van der Waals surface area contributed by atoms with Gasteiger partial charge in [-0.1, -0.05) is 0 Å². The molecule has 1 aromatic rings. The van der Waals surface area contributed by atoms with Crippen LogP contribution >= 0.6 is 0 Å². The Morgan fingerprint density at radius 1 is 1.26 bits per heavy atom. The van der Waals surface area contributed by atoms with E-state index in [4.69, 9.17) is 5.73 Å². The lowest BCUT2D eigenvalue weighted by molar-refractivity contribution is 0.0452. The number of amides is 1. The number of hydrogen-bond donors (Lipinski definition) is 1. The minimum atomic E-state index is 0.00783. The first-order valence-corrected chi connectivity index (χ1v) is 6.63. The topological polar surface area (TPSA) is 62.5 Å². The van der Waals surface area contributed by atoms with Gasteiger partial charge in [0.25, 0.3) is 5.91 Å². The zero-order valence-electron chi connectivity index (χ0n) is 11.9. The molecule has 0 bridgehead atoms. The molecule has 1 aliphatic heterocycles. The number of pyridine rings is 1. The van der Waals surface area contributed by atoms with Crippen LogP contribution in [0, 0.1) is 0 Å². The predicted molar refractivity (Wildman–Crippen MR) is 75.9 cm³/mol. The number of aromatic nitrogens is 1. The molecular weight excluding hydrogens is 240 g/mol. The van der Waals surface area contributed by atoms with Crippen molar-refractivity contribution in [2.24, 2.45) is 0 Å². The maximum atomic E-state index is 12.4. The van der Waals surface area contributed by atoms with E-state index in [1.54, 1.807) is 12.3 Å². The number of rotatable bonds is 1. The first-order chi connectivity index (χ1) is 8.89. The Morgan fingerprint density at radius 2 is 1.89 bits per heavy atom. The van der Waals surface area contributed by atoms with Gasteiger partial charge in [0.1, 0.15) is 0 Å². The average Bonchev–Trinajstić information content (AvgIpc) is 2.38. The van der Waals surface area contributed by atoms with E-state index in [0.29, 0.717) is 11.3 Å². The van der Waals surface area contributed by atoms with Gasteiger partial charge in [0.05, 0.1) is 17.4 Å². The summed E-state index contributed by atoms with van der Waals surface area (Å²) < 4.78 is 0. The van der Waals surface area contributed by atoms with E-state index >= 15 is 0 Å². The van der Waals surface area contributed by atoms with Crippen molar-refractivity contribution >= 4 is 11.6 Å². The van der Waals surface area contributed by atoms with Crippen molar-refractivity contribution in [3.63, 3.8) is 0 Å². The Balaban J connectivity index is 2.03. The van der Waals surface area contributed by atoms with Crippen LogP contribution in [0.3, 0.4) is 0 Å². The third kappa shape index (κ3) is 3.04. The molecule has 5 heteroatoms. The van der Waals surface area contributed by atoms with Crippen LogP contribution in [0.2, 0.25) is 0 Å². The van der Waals surface area contributed by atoms with Crippen LogP contribution in [-0.2, 0) is 0 Å². The smallest absolute Gasteiger partial charge is 0.256 e. The highest BCUT2D eigenvalue weighted by Crippen LogP contribution is 2.18. The van der Waals surface area contributed by atoms with Crippen LogP contribution < -0.4 is 5.73 Å². The molecule has 19 heavy (non-hydrogen) atoms. The van der Waals surface area contributed by atoms with Crippen LogP contribution in [0.5, 0.6) is 0 Å². The zero-order valence-corrected chi connectivity index (χ0v) is 11.9. The molecule has 2 heterocycles. The highest BCUT2D eigenvalue weighted by atomic mass is 16.2. The van der Waals surface area contributed by atoms with E-state index in [1.165, 1.54) is 6.20 Å². The molecule has 0 atom stereocenters. The number of anilines is 1. The molecule has 0 spiro atoms. The molecule has 1 aliphatic rings. The first kappa shape index (κ1) is 13.8. The fourth-order valence-electron chi connectivity index (χ4n) is 2.35. The van der Waals surface area contributed by atoms with E-state index in [2.05, 4.69) is 30.7 Å². The SMILES string of the molecule is CC(C)(C)N1CCN(C(=O)c2ccncc2N)CC1. The fourth-order valence-corrected chi connectivity index (χ4v) is 2.35. The summed E-state index contributed by atoms with van der Waals surface area (Å²) in [6.45, 7) is 9.90. The van der Waals surface area contributed by atoms with Gasteiger partial charge < -0.3 is 10.6 Å². The first-order valence-electron chi connectivity index (χ1n) is 6.63. The summed E-state index contributed by atoms with van der Waals surface area (Å²) in [4.78, 5) is 20.6. The summed E-state index contributed by atoms with van der Waals surface area (Å²) in [7, 11) is 0. The molecule has 1 saturated heterocycles. The molecule has 0 aliphatic carbocycles. The molecule has 1 fully saturated rings. The highest BCUT2D eigenvalue weighted by molar-refractivity contribution is 5.98. The Kier molecular flexibility index (Phi) is 3.75. The normalized spacial score (nSPS) is 17.5. The van der Waals surface area contributed by atoms with Gasteiger partial charge in [0.15, 0.2) is 0 Å². The van der Waals surface area contributed by atoms with Crippen molar-refractivity contribution in [2.75, 3.05) is 31.9 Å². The van der Waals surface area contributed by atoms with Gasteiger partial charge in [-0.15, -0.1) is 0 Å². The number of nitrogens with zero attached hydrogens (tertiary/aromatic N) is 3. The minimum absolute atomic E-state index is 0.00783.